The van der Waals surface area contributed by atoms with Crippen LogP contribution in [0.2, 0.25) is 0 Å². The van der Waals surface area contributed by atoms with E-state index < -0.39 is 0 Å². The first kappa shape index (κ1) is 17.0. The summed E-state index contributed by atoms with van der Waals surface area (Å²) in [5, 5.41) is 0. The topological polar surface area (TPSA) is 0 Å². The van der Waals surface area contributed by atoms with E-state index in [0.29, 0.717) is 5.41 Å². The van der Waals surface area contributed by atoms with E-state index in [9.17, 15) is 0 Å². The molecule has 0 heteroatoms. The number of hydrogen-bond acceptors (Lipinski definition) is 0. The summed E-state index contributed by atoms with van der Waals surface area (Å²) in [7, 11) is 0. The Labute approximate surface area is 111 Å². The van der Waals surface area contributed by atoms with E-state index in [1.807, 2.05) is 0 Å². The van der Waals surface area contributed by atoms with Crippen molar-refractivity contribution in [3.63, 3.8) is 0 Å². The minimum Gasteiger partial charge on any atom is -0.0654 e. The van der Waals surface area contributed by atoms with Crippen LogP contribution in [-0.4, -0.2) is 0 Å². The molecule has 0 aromatic carbocycles. The third-order valence-electron chi connectivity index (χ3n) is 4.74. The van der Waals surface area contributed by atoms with E-state index in [1.165, 1.54) is 64.2 Å². The minimum absolute atomic E-state index is 0.543. The van der Waals surface area contributed by atoms with Crippen molar-refractivity contribution >= 4 is 0 Å². The molecule has 0 rings (SSSR count). The fourth-order valence-corrected chi connectivity index (χ4v) is 2.32. The monoisotopic (exact) mass is 240 g/mol. The van der Waals surface area contributed by atoms with E-state index in [-0.39, 0.29) is 0 Å². The molecule has 0 aliphatic heterocycles. The van der Waals surface area contributed by atoms with Gasteiger partial charge in [0, 0.05) is 0 Å². The van der Waals surface area contributed by atoms with Crippen LogP contribution >= 0.6 is 0 Å². The van der Waals surface area contributed by atoms with Crippen LogP contribution in [0, 0.1) is 11.3 Å². The van der Waals surface area contributed by atoms with Crippen LogP contribution in [0.1, 0.15) is 98.8 Å². The maximum Gasteiger partial charge on any atom is -0.0331 e. The molecular formula is C17H36. The van der Waals surface area contributed by atoms with Crippen molar-refractivity contribution in [1.29, 1.82) is 0 Å². The molecule has 0 aliphatic rings. The van der Waals surface area contributed by atoms with Gasteiger partial charge in [-0.2, -0.15) is 0 Å². The second-order valence-corrected chi connectivity index (χ2v) is 6.51. The van der Waals surface area contributed by atoms with E-state index >= 15 is 0 Å². The van der Waals surface area contributed by atoms with Gasteiger partial charge in [-0.25, -0.2) is 0 Å². The second-order valence-electron chi connectivity index (χ2n) is 6.51. The van der Waals surface area contributed by atoms with Gasteiger partial charge in [0.15, 0.2) is 0 Å². The van der Waals surface area contributed by atoms with Gasteiger partial charge in [-0.3, -0.25) is 0 Å². The summed E-state index contributed by atoms with van der Waals surface area (Å²) < 4.78 is 0. The van der Waals surface area contributed by atoms with Gasteiger partial charge < -0.3 is 0 Å². The standard InChI is InChI=1S/C17H36/c1-6-8-9-10-11-12-13-14-15-16(3)17(4,5)7-2/h16H,6-15H2,1-5H3. The van der Waals surface area contributed by atoms with Crippen molar-refractivity contribution in [2.75, 3.05) is 0 Å². The lowest BCUT2D eigenvalue weighted by atomic mass is 9.75. The first-order valence-corrected chi connectivity index (χ1v) is 8.04. The van der Waals surface area contributed by atoms with Gasteiger partial charge in [-0.1, -0.05) is 98.8 Å². The Morgan fingerprint density at radius 2 is 1.24 bits per heavy atom. The summed E-state index contributed by atoms with van der Waals surface area (Å²) in [4.78, 5) is 0. The maximum absolute atomic E-state index is 2.44. The average molecular weight is 240 g/mol. The summed E-state index contributed by atoms with van der Waals surface area (Å²) in [6.07, 6.45) is 14.3. The zero-order chi connectivity index (χ0) is 13.1. The van der Waals surface area contributed by atoms with Gasteiger partial charge in [-0.05, 0) is 11.3 Å². The van der Waals surface area contributed by atoms with E-state index in [2.05, 4.69) is 34.6 Å². The highest BCUT2D eigenvalue weighted by molar-refractivity contribution is 4.73. The molecule has 0 aliphatic carbocycles. The van der Waals surface area contributed by atoms with E-state index in [0.717, 1.165) is 5.92 Å². The molecule has 0 nitrogen and oxygen atoms in total. The van der Waals surface area contributed by atoms with E-state index in [1.54, 1.807) is 0 Å². The number of rotatable bonds is 11. The average Bonchev–Trinajstić information content (AvgIpc) is 2.32. The first-order chi connectivity index (χ1) is 8.04. The van der Waals surface area contributed by atoms with Gasteiger partial charge in [0.05, 0.1) is 0 Å². The first-order valence-electron chi connectivity index (χ1n) is 8.04. The summed E-state index contributed by atoms with van der Waals surface area (Å²) >= 11 is 0. The summed E-state index contributed by atoms with van der Waals surface area (Å²) in [6, 6.07) is 0. The van der Waals surface area contributed by atoms with Crippen LogP contribution in [0.15, 0.2) is 0 Å². The van der Waals surface area contributed by atoms with Crippen molar-refractivity contribution in [3.05, 3.63) is 0 Å². The lowest BCUT2D eigenvalue weighted by Crippen LogP contribution is -2.20. The Balaban J connectivity index is 3.34. The predicted octanol–water partition coefficient (Wildman–Crippen LogP) is 6.59. The van der Waals surface area contributed by atoms with Gasteiger partial charge >= 0.3 is 0 Å². The molecule has 0 amide bonds. The van der Waals surface area contributed by atoms with Crippen LogP contribution < -0.4 is 0 Å². The molecule has 0 N–H and O–H groups in total. The zero-order valence-electron chi connectivity index (χ0n) is 13.1. The van der Waals surface area contributed by atoms with Gasteiger partial charge in [0.25, 0.3) is 0 Å². The lowest BCUT2D eigenvalue weighted by Gasteiger charge is -2.30. The fraction of sp³-hybridized carbons (Fsp3) is 1.00. The third kappa shape index (κ3) is 8.69. The molecule has 0 aromatic rings. The molecule has 0 saturated heterocycles. The Bertz CT molecular complexity index is 157. The Kier molecular flexibility index (Phi) is 9.97. The highest BCUT2D eigenvalue weighted by Crippen LogP contribution is 2.33. The Morgan fingerprint density at radius 3 is 1.71 bits per heavy atom. The molecule has 0 heterocycles. The van der Waals surface area contributed by atoms with Crippen LogP contribution in [0.4, 0.5) is 0 Å². The highest BCUT2D eigenvalue weighted by Gasteiger charge is 2.22. The Morgan fingerprint density at radius 1 is 0.765 bits per heavy atom. The van der Waals surface area contributed by atoms with Crippen LogP contribution in [-0.2, 0) is 0 Å². The fourth-order valence-electron chi connectivity index (χ4n) is 2.32. The highest BCUT2D eigenvalue weighted by atomic mass is 14.3. The van der Waals surface area contributed by atoms with Crippen molar-refractivity contribution < 1.29 is 0 Å². The largest absolute Gasteiger partial charge is 0.0654 e. The molecular weight excluding hydrogens is 204 g/mol. The molecule has 1 unspecified atom stereocenters. The SMILES string of the molecule is CCCCCCCCCCC(C)C(C)(C)CC. The quantitative estimate of drug-likeness (QED) is 0.357. The van der Waals surface area contributed by atoms with Gasteiger partial charge in [0.1, 0.15) is 0 Å². The molecule has 17 heavy (non-hydrogen) atoms. The lowest BCUT2D eigenvalue weighted by molar-refractivity contribution is 0.204. The zero-order valence-corrected chi connectivity index (χ0v) is 13.1. The summed E-state index contributed by atoms with van der Waals surface area (Å²) in [6.45, 7) is 11.9. The number of unbranched alkanes of at least 4 members (excludes halogenated alkanes) is 7. The van der Waals surface area contributed by atoms with Crippen molar-refractivity contribution in [2.45, 2.75) is 98.8 Å². The Hall–Kier alpha value is 0. The van der Waals surface area contributed by atoms with Crippen molar-refractivity contribution in [1.82, 2.24) is 0 Å². The number of hydrogen-bond donors (Lipinski definition) is 0. The van der Waals surface area contributed by atoms with Crippen LogP contribution in [0.5, 0.6) is 0 Å². The predicted molar refractivity (Wildman–Crippen MR) is 80.5 cm³/mol. The second kappa shape index (κ2) is 9.97. The minimum atomic E-state index is 0.543. The van der Waals surface area contributed by atoms with Gasteiger partial charge in [0.2, 0.25) is 0 Å². The third-order valence-corrected chi connectivity index (χ3v) is 4.74. The molecule has 104 valence electrons. The molecule has 0 bridgehead atoms. The smallest absolute Gasteiger partial charge is 0.0331 e. The van der Waals surface area contributed by atoms with Crippen LogP contribution in [0.3, 0.4) is 0 Å². The summed E-state index contributed by atoms with van der Waals surface area (Å²) in [5.74, 6) is 0.882. The van der Waals surface area contributed by atoms with E-state index in [4.69, 9.17) is 0 Å². The molecule has 0 saturated carbocycles. The normalized spacial score (nSPS) is 13.9. The molecule has 0 fully saturated rings. The van der Waals surface area contributed by atoms with Crippen molar-refractivity contribution in [2.24, 2.45) is 11.3 Å². The molecule has 1 atom stereocenters. The van der Waals surface area contributed by atoms with Gasteiger partial charge in [-0.15, -0.1) is 0 Å². The maximum atomic E-state index is 2.44. The molecule has 0 spiro atoms. The molecule has 0 radical (unpaired) electrons. The van der Waals surface area contributed by atoms with Crippen LogP contribution in [0.25, 0.3) is 0 Å². The molecule has 0 aromatic heterocycles. The summed E-state index contributed by atoms with van der Waals surface area (Å²) in [5.41, 5.74) is 0.543. The van der Waals surface area contributed by atoms with Crippen molar-refractivity contribution in [3.8, 4) is 0 Å².